The standard InChI is InChI=1S/C32H32O10/c1-35-23-11-7-19(15-27(23)38-4)16-29(32(34)40-6)41-30(33)14-10-20-8-13-25(37-3)31-22(20)18-26(42-31)21-9-12-24(36-2)28(17-21)39-5/h7-15,17-18,29H,16H2,1-6H3/b14-10+. The number of hydrogen-bond donors (Lipinski definition) is 0. The number of esters is 2. The van der Waals surface area contributed by atoms with Crippen LogP contribution in [0.5, 0.6) is 28.7 Å². The zero-order valence-corrected chi connectivity index (χ0v) is 24.2. The van der Waals surface area contributed by atoms with Crippen LogP contribution < -0.4 is 23.7 Å². The maximum atomic E-state index is 12.8. The molecule has 0 bridgehead atoms. The predicted molar refractivity (Wildman–Crippen MR) is 155 cm³/mol. The molecule has 1 heterocycles. The van der Waals surface area contributed by atoms with Gasteiger partial charge in [0, 0.05) is 23.4 Å². The number of hydrogen-bond acceptors (Lipinski definition) is 10. The van der Waals surface area contributed by atoms with Crippen LogP contribution in [-0.4, -0.2) is 60.7 Å². The first-order chi connectivity index (χ1) is 20.3. The van der Waals surface area contributed by atoms with Crippen molar-refractivity contribution >= 4 is 29.0 Å². The Morgan fingerprint density at radius 1 is 0.738 bits per heavy atom. The molecule has 0 saturated carbocycles. The summed E-state index contributed by atoms with van der Waals surface area (Å²) >= 11 is 0. The first-order valence-corrected chi connectivity index (χ1v) is 12.9. The van der Waals surface area contributed by atoms with Crippen LogP contribution in [0.25, 0.3) is 28.4 Å². The number of rotatable bonds is 12. The first-order valence-electron chi connectivity index (χ1n) is 12.9. The van der Waals surface area contributed by atoms with Gasteiger partial charge in [0.15, 0.2) is 34.3 Å². The molecule has 0 radical (unpaired) electrons. The van der Waals surface area contributed by atoms with E-state index in [1.807, 2.05) is 12.1 Å². The molecule has 0 aliphatic carbocycles. The third-order valence-corrected chi connectivity index (χ3v) is 6.56. The molecule has 0 fully saturated rings. The number of methoxy groups -OCH3 is 6. The molecule has 42 heavy (non-hydrogen) atoms. The Labute approximate surface area is 243 Å². The Kier molecular flexibility index (Phi) is 9.59. The van der Waals surface area contributed by atoms with Crippen LogP contribution in [0.3, 0.4) is 0 Å². The van der Waals surface area contributed by atoms with Gasteiger partial charge < -0.3 is 37.6 Å². The van der Waals surface area contributed by atoms with E-state index in [9.17, 15) is 9.59 Å². The third kappa shape index (κ3) is 6.43. The average Bonchev–Trinajstić information content (AvgIpc) is 3.48. The number of benzene rings is 3. The topological polar surface area (TPSA) is 112 Å². The van der Waals surface area contributed by atoms with Crippen LogP contribution in [0, 0.1) is 0 Å². The minimum atomic E-state index is -1.17. The number of carbonyl (C=O) groups is 2. The van der Waals surface area contributed by atoms with Gasteiger partial charge in [0.2, 0.25) is 6.10 Å². The summed E-state index contributed by atoms with van der Waals surface area (Å²) in [6.07, 6.45) is 1.74. The van der Waals surface area contributed by atoms with Crippen molar-refractivity contribution in [1.82, 2.24) is 0 Å². The quantitative estimate of drug-likeness (QED) is 0.159. The van der Waals surface area contributed by atoms with E-state index in [0.29, 0.717) is 56.6 Å². The van der Waals surface area contributed by atoms with Crippen molar-refractivity contribution in [3.8, 4) is 40.1 Å². The molecular weight excluding hydrogens is 544 g/mol. The Balaban J connectivity index is 1.59. The molecule has 0 spiro atoms. The minimum absolute atomic E-state index is 0.0792. The van der Waals surface area contributed by atoms with Crippen molar-refractivity contribution in [2.45, 2.75) is 12.5 Å². The Morgan fingerprint density at radius 3 is 2.00 bits per heavy atom. The van der Waals surface area contributed by atoms with Crippen molar-refractivity contribution in [2.24, 2.45) is 0 Å². The maximum absolute atomic E-state index is 12.8. The zero-order valence-electron chi connectivity index (χ0n) is 24.2. The van der Waals surface area contributed by atoms with Gasteiger partial charge in [-0.05, 0) is 59.7 Å². The number of fused-ring (bicyclic) bond motifs is 1. The van der Waals surface area contributed by atoms with Gasteiger partial charge in [0.05, 0.1) is 42.7 Å². The lowest BCUT2D eigenvalue weighted by molar-refractivity contribution is -0.162. The number of ether oxygens (including phenoxy) is 7. The lowest BCUT2D eigenvalue weighted by Gasteiger charge is -2.16. The maximum Gasteiger partial charge on any atom is 0.347 e. The molecule has 1 atom stereocenters. The second-order valence-electron chi connectivity index (χ2n) is 8.96. The zero-order chi connectivity index (χ0) is 30.2. The first kappa shape index (κ1) is 29.9. The van der Waals surface area contributed by atoms with Gasteiger partial charge >= 0.3 is 11.9 Å². The van der Waals surface area contributed by atoms with Crippen LogP contribution >= 0.6 is 0 Å². The summed E-state index contributed by atoms with van der Waals surface area (Å²) in [4.78, 5) is 25.3. The number of furan rings is 1. The van der Waals surface area contributed by atoms with Crippen LogP contribution in [0.2, 0.25) is 0 Å². The summed E-state index contributed by atoms with van der Waals surface area (Å²) in [6.45, 7) is 0. The van der Waals surface area contributed by atoms with Crippen LogP contribution in [0.15, 0.2) is 65.1 Å². The molecule has 0 saturated heterocycles. The molecule has 3 aromatic carbocycles. The number of carbonyl (C=O) groups excluding carboxylic acids is 2. The summed E-state index contributed by atoms with van der Waals surface area (Å²) in [5, 5.41) is 0.707. The third-order valence-electron chi connectivity index (χ3n) is 6.56. The van der Waals surface area contributed by atoms with Crippen LogP contribution in [-0.2, 0) is 25.5 Å². The van der Waals surface area contributed by atoms with Gasteiger partial charge in [0.25, 0.3) is 0 Å². The van der Waals surface area contributed by atoms with Crippen molar-refractivity contribution in [1.29, 1.82) is 0 Å². The largest absolute Gasteiger partial charge is 0.493 e. The van der Waals surface area contributed by atoms with Gasteiger partial charge in [0.1, 0.15) is 5.76 Å². The summed E-state index contributed by atoms with van der Waals surface area (Å²) in [7, 11) is 8.94. The second-order valence-corrected chi connectivity index (χ2v) is 8.96. The van der Waals surface area contributed by atoms with Gasteiger partial charge in [-0.2, -0.15) is 0 Å². The summed E-state index contributed by atoms with van der Waals surface area (Å²) in [6, 6.07) is 16.0. The highest BCUT2D eigenvalue weighted by molar-refractivity contribution is 5.97. The fourth-order valence-corrected chi connectivity index (χ4v) is 4.42. The van der Waals surface area contributed by atoms with E-state index in [0.717, 1.165) is 5.56 Å². The van der Waals surface area contributed by atoms with E-state index in [2.05, 4.69) is 0 Å². The van der Waals surface area contributed by atoms with Crippen molar-refractivity contribution in [3.05, 3.63) is 71.8 Å². The summed E-state index contributed by atoms with van der Waals surface area (Å²) in [5.74, 6) is 1.85. The smallest absolute Gasteiger partial charge is 0.347 e. The van der Waals surface area contributed by atoms with Crippen LogP contribution in [0.1, 0.15) is 11.1 Å². The Hall–Kier alpha value is -5.12. The van der Waals surface area contributed by atoms with E-state index in [1.54, 1.807) is 69.9 Å². The normalized spacial score (nSPS) is 11.7. The van der Waals surface area contributed by atoms with Gasteiger partial charge in [-0.15, -0.1) is 0 Å². The minimum Gasteiger partial charge on any atom is -0.493 e. The van der Waals surface area contributed by atoms with Gasteiger partial charge in [-0.25, -0.2) is 9.59 Å². The molecule has 0 aliphatic heterocycles. The molecule has 4 aromatic rings. The molecule has 10 heteroatoms. The van der Waals surface area contributed by atoms with Crippen molar-refractivity contribution < 1.29 is 47.2 Å². The van der Waals surface area contributed by atoms with E-state index in [4.69, 9.17) is 37.6 Å². The molecule has 10 nitrogen and oxygen atoms in total. The fourth-order valence-electron chi connectivity index (χ4n) is 4.42. The Morgan fingerprint density at radius 2 is 1.36 bits per heavy atom. The van der Waals surface area contributed by atoms with Crippen molar-refractivity contribution in [2.75, 3.05) is 42.7 Å². The van der Waals surface area contributed by atoms with Gasteiger partial charge in [-0.1, -0.05) is 12.1 Å². The molecule has 1 unspecified atom stereocenters. The molecule has 1 aromatic heterocycles. The highest BCUT2D eigenvalue weighted by Crippen LogP contribution is 2.39. The summed E-state index contributed by atoms with van der Waals surface area (Å²) < 4.78 is 43.4. The van der Waals surface area contributed by atoms with Gasteiger partial charge in [-0.3, -0.25) is 0 Å². The van der Waals surface area contributed by atoms with Crippen LogP contribution in [0.4, 0.5) is 0 Å². The molecular formula is C32H32O10. The average molecular weight is 577 g/mol. The predicted octanol–water partition coefficient (Wildman–Crippen LogP) is 5.48. The fraction of sp³-hybridized carbons (Fsp3) is 0.250. The second kappa shape index (κ2) is 13.5. The molecule has 0 N–H and O–H groups in total. The van der Waals surface area contributed by atoms with E-state index < -0.39 is 18.0 Å². The SMILES string of the molecule is COC(=O)C(Cc1ccc(OC)c(OC)c1)OC(=O)/C=C/c1ccc(OC)c2oc(-c3ccc(OC)c(OC)c3)cc12. The van der Waals surface area contributed by atoms with Crippen molar-refractivity contribution in [3.63, 3.8) is 0 Å². The van der Waals surface area contributed by atoms with E-state index in [1.165, 1.54) is 27.4 Å². The molecule has 0 aliphatic rings. The van der Waals surface area contributed by atoms with E-state index in [-0.39, 0.29) is 6.42 Å². The molecule has 4 rings (SSSR count). The Bertz CT molecular complexity index is 1600. The highest BCUT2D eigenvalue weighted by Gasteiger charge is 2.24. The molecule has 0 amide bonds. The highest BCUT2D eigenvalue weighted by atomic mass is 16.6. The monoisotopic (exact) mass is 576 g/mol. The lowest BCUT2D eigenvalue weighted by Crippen LogP contribution is -2.30. The molecule has 220 valence electrons. The van der Waals surface area contributed by atoms with E-state index >= 15 is 0 Å². The lowest BCUT2D eigenvalue weighted by atomic mass is 10.1. The summed E-state index contributed by atoms with van der Waals surface area (Å²) in [5.41, 5.74) is 2.63.